The predicted octanol–water partition coefficient (Wildman–Crippen LogP) is 5.74. The monoisotopic (exact) mass is 729 g/mol. The van der Waals surface area contributed by atoms with Crippen molar-refractivity contribution in [3.63, 3.8) is 0 Å². The van der Waals surface area contributed by atoms with Crippen LogP contribution in [0, 0.1) is 0 Å². The van der Waals surface area contributed by atoms with Gasteiger partial charge in [-0.3, -0.25) is 14.3 Å². The molecule has 0 bridgehead atoms. The number of carbonyl (C=O) groups is 2. The summed E-state index contributed by atoms with van der Waals surface area (Å²) < 4.78 is 22.4. The number of unbranched alkanes of at least 4 members (excludes halogenated alkanes) is 4. The Morgan fingerprint density at radius 1 is 0.942 bits per heavy atom. The van der Waals surface area contributed by atoms with E-state index in [0.29, 0.717) is 36.9 Å². The molecule has 52 heavy (non-hydrogen) atoms. The minimum atomic E-state index is -4.47. The molecule has 0 atom stereocenters. The molecule has 0 saturated carbocycles. The standard InChI is InChI=1S/C40H48N3O8P/c1-2-3-11-25-22-32-34(31-24-27(15-16-28(31)40(45)46)39(44)42-17-6-4-5-7-21-50-52(47,48)49)33-23-26-12-9-19-43-20-10-14-30(36(26)43)38(33)51-37(32)29-13-8-18-41-35(25)29/h15-16,22-24H,2-14,17-21H2,1H3,(H,42,44)(H,45,46)(H2,47,48,49). The van der Waals surface area contributed by atoms with E-state index >= 15 is 0 Å². The van der Waals surface area contributed by atoms with Crippen molar-refractivity contribution in [2.75, 3.05) is 37.7 Å². The number of aryl methyl sites for hydroxylation is 2. The molecular formula is C40H48N3O8P. The number of anilines is 1. The van der Waals surface area contributed by atoms with E-state index in [1.165, 1.54) is 16.8 Å². The molecule has 0 saturated heterocycles. The second-order valence-corrected chi connectivity index (χ2v) is 15.5. The quantitative estimate of drug-likeness (QED) is 0.0938. The second kappa shape index (κ2) is 15.5. The van der Waals surface area contributed by atoms with Crippen molar-refractivity contribution in [2.45, 2.75) is 90.4 Å². The molecule has 0 unspecified atom stereocenters. The average molecular weight is 730 g/mol. The maximum absolute atomic E-state index is 13.6. The van der Waals surface area contributed by atoms with E-state index in [9.17, 15) is 19.3 Å². The van der Waals surface area contributed by atoms with Gasteiger partial charge in [0.15, 0.2) is 0 Å². The van der Waals surface area contributed by atoms with Crippen LogP contribution in [0.1, 0.15) is 119 Å². The van der Waals surface area contributed by atoms with Crippen LogP contribution in [0.25, 0.3) is 5.57 Å². The fraction of sp³-hybridized carbons (Fsp3) is 0.475. The lowest BCUT2D eigenvalue weighted by Crippen LogP contribution is -2.36. The van der Waals surface area contributed by atoms with Crippen molar-refractivity contribution in [2.24, 2.45) is 4.99 Å². The van der Waals surface area contributed by atoms with Gasteiger partial charge in [0.05, 0.1) is 17.5 Å². The summed E-state index contributed by atoms with van der Waals surface area (Å²) in [6.07, 6.45) is 11.2. The largest absolute Gasteiger partial charge is 0.478 e. The molecule has 276 valence electrons. The number of carboxylic acids is 1. The molecule has 1 amide bonds. The number of rotatable bonds is 14. The van der Waals surface area contributed by atoms with E-state index in [2.05, 4.69) is 33.8 Å². The highest BCUT2D eigenvalue weighted by Gasteiger charge is 2.35. The van der Waals surface area contributed by atoms with Gasteiger partial charge in [-0.05, 0) is 111 Å². The first-order valence-electron chi connectivity index (χ1n) is 18.9. The van der Waals surface area contributed by atoms with Crippen LogP contribution < -0.4 is 25.5 Å². The lowest BCUT2D eigenvalue weighted by Gasteiger charge is -2.39. The average Bonchev–Trinajstić information content (AvgIpc) is 3.13. The molecule has 3 aromatic rings. The van der Waals surface area contributed by atoms with Crippen molar-refractivity contribution in [1.29, 1.82) is 0 Å². The van der Waals surface area contributed by atoms with Crippen LogP contribution >= 0.6 is 7.82 Å². The first-order valence-corrected chi connectivity index (χ1v) is 20.4. The number of hydrogen-bond acceptors (Lipinski definition) is 7. The van der Waals surface area contributed by atoms with Gasteiger partial charge in [-0.1, -0.05) is 26.2 Å². The highest BCUT2D eigenvalue weighted by Crippen LogP contribution is 2.49. The summed E-state index contributed by atoms with van der Waals surface area (Å²) in [6, 6.07) is 9.27. The zero-order valence-electron chi connectivity index (χ0n) is 29.8. The summed E-state index contributed by atoms with van der Waals surface area (Å²) in [7, 11) is -4.47. The number of benzene rings is 3. The molecule has 0 spiro atoms. The molecule has 0 radical (unpaired) electrons. The van der Waals surface area contributed by atoms with Crippen molar-refractivity contribution in [3.8, 4) is 11.5 Å². The Labute approximate surface area is 304 Å². The minimum Gasteiger partial charge on any atom is -0.478 e. The molecule has 0 aliphatic carbocycles. The Hall–Kier alpha value is -4.02. The van der Waals surface area contributed by atoms with Crippen molar-refractivity contribution in [1.82, 2.24) is 5.32 Å². The molecule has 4 aliphatic heterocycles. The van der Waals surface area contributed by atoms with Gasteiger partial charge in [0, 0.05) is 64.9 Å². The van der Waals surface area contributed by atoms with Gasteiger partial charge in [0.1, 0.15) is 11.5 Å². The van der Waals surface area contributed by atoms with Crippen LogP contribution in [0.15, 0.2) is 35.3 Å². The summed E-state index contributed by atoms with van der Waals surface area (Å²) in [5, 5.41) is 15.5. The van der Waals surface area contributed by atoms with Crippen molar-refractivity contribution < 1.29 is 38.3 Å². The Bertz CT molecular complexity index is 2070. The van der Waals surface area contributed by atoms with Crippen LogP contribution in [-0.4, -0.2) is 59.6 Å². The van der Waals surface area contributed by atoms with Crippen LogP contribution in [-0.2, 0) is 34.8 Å². The Morgan fingerprint density at radius 2 is 1.73 bits per heavy atom. The lowest BCUT2D eigenvalue weighted by molar-refractivity contribution is 0.0695. The maximum Gasteiger partial charge on any atom is 0.469 e. The number of nitrogens with one attached hydrogen (secondary N) is 1. The molecule has 11 nitrogen and oxygen atoms in total. The highest BCUT2D eigenvalue weighted by molar-refractivity contribution is 7.46. The first-order chi connectivity index (χ1) is 25.1. The first kappa shape index (κ1) is 36.3. The zero-order valence-corrected chi connectivity index (χ0v) is 30.7. The molecule has 12 heteroatoms. The van der Waals surface area contributed by atoms with Gasteiger partial charge < -0.3 is 29.8 Å². The molecule has 3 aromatic carbocycles. The molecular weight excluding hydrogens is 681 g/mol. The number of nitrogens with zero attached hydrogens (tertiary/aromatic N) is 2. The van der Waals surface area contributed by atoms with Crippen LogP contribution in [0.4, 0.5) is 5.69 Å². The minimum absolute atomic E-state index is 0.0221. The number of aromatic carboxylic acids is 1. The number of fused-ring (bicyclic) bond motifs is 5. The van der Waals surface area contributed by atoms with E-state index in [-0.39, 0.29) is 18.1 Å². The maximum atomic E-state index is 13.6. The van der Waals surface area contributed by atoms with Crippen LogP contribution in [0.5, 0.6) is 11.5 Å². The van der Waals surface area contributed by atoms with Gasteiger partial charge in [0.25, 0.3) is 5.91 Å². The van der Waals surface area contributed by atoms with Gasteiger partial charge in [0.2, 0.25) is 0 Å². The normalized spacial score (nSPS) is 15.8. The number of phosphoric acid groups is 1. The predicted molar refractivity (Wildman–Crippen MR) is 198 cm³/mol. The van der Waals surface area contributed by atoms with Crippen LogP contribution in [0.2, 0.25) is 0 Å². The molecule has 4 N–H and O–H groups in total. The third kappa shape index (κ3) is 7.42. The summed E-state index contributed by atoms with van der Waals surface area (Å²) in [6.45, 7) is 5.38. The Morgan fingerprint density at radius 3 is 2.52 bits per heavy atom. The van der Waals surface area contributed by atoms with Crippen LogP contribution in [0.3, 0.4) is 0 Å². The highest BCUT2D eigenvalue weighted by atomic mass is 31.2. The third-order valence-corrected chi connectivity index (χ3v) is 11.2. The SMILES string of the molecule is CCCCc1cc2c(c3c1=NCCC3)Oc1c(cc3c4c1CCCN4CCC3)C=2c1cc(C(=O)NCCCCCCOP(=O)(O)O)ccc1C(=O)O. The number of amides is 1. The summed E-state index contributed by atoms with van der Waals surface area (Å²) in [5.74, 6) is 0.221. The number of carbonyl (C=O) groups excluding carboxylic acids is 1. The summed E-state index contributed by atoms with van der Waals surface area (Å²) in [4.78, 5) is 51.7. The smallest absolute Gasteiger partial charge is 0.469 e. The van der Waals surface area contributed by atoms with Gasteiger partial charge >= 0.3 is 13.8 Å². The fourth-order valence-electron chi connectivity index (χ4n) is 8.33. The van der Waals surface area contributed by atoms with Crippen molar-refractivity contribution in [3.05, 3.63) is 85.4 Å². The summed E-state index contributed by atoms with van der Waals surface area (Å²) in [5.41, 5.74) is 8.68. The molecule has 0 fully saturated rings. The Balaban J connectivity index is 1.32. The van der Waals surface area contributed by atoms with Gasteiger partial charge in [-0.15, -0.1) is 0 Å². The van der Waals surface area contributed by atoms with E-state index in [0.717, 1.165) is 128 Å². The Kier molecular flexibility index (Phi) is 10.9. The topological polar surface area (TPSA) is 158 Å². The second-order valence-electron chi connectivity index (χ2n) is 14.3. The zero-order chi connectivity index (χ0) is 36.4. The number of phosphoric ester groups is 1. The van der Waals surface area contributed by atoms with Gasteiger partial charge in [-0.25, -0.2) is 9.36 Å². The van der Waals surface area contributed by atoms with E-state index in [1.807, 2.05) is 0 Å². The summed E-state index contributed by atoms with van der Waals surface area (Å²) >= 11 is 0. The fourth-order valence-corrected chi connectivity index (χ4v) is 8.69. The van der Waals surface area contributed by atoms with Crippen molar-refractivity contribution >= 4 is 31.0 Å². The number of hydrogen-bond donors (Lipinski definition) is 4. The number of ether oxygens (including phenoxy) is 1. The van der Waals surface area contributed by atoms with Gasteiger partial charge in [-0.2, -0.15) is 0 Å². The van der Waals surface area contributed by atoms with E-state index in [4.69, 9.17) is 19.5 Å². The molecule has 0 aromatic heterocycles. The molecule has 7 rings (SSSR count). The number of carboxylic acid groups (broad SMARTS) is 1. The molecule has 4 heterocycles. The molecule has 4 aliphatic rings. The van der Waals surface area contributed by atoms with E-state index < -0.39 is 13.8 Å². The third-order valence-electron chi connectivity index (χ3n) is 10.7. The van der Waals surface area contributed by atoms with E-state index in [1.54, 1.807) is 18.2 Å². The lowest BCUT2D eigenvalue weighted by atomic mass is 9.81.